The molecule has 1 aliphatic carbocycles. The Labute approximate surface area is 141 Å². The van der Waals surface area contributed by atoms with Gasteiger partial charge in [0.15, 0.2) is 5.78 Å². The number of esters is 1. The molecule has 24 heavy (non-hydrogen) atoms. The average molecular weight is 318 g/mol. The van der Waals surface area contributed by atoms with Crippen LogP contribution in [0, 0.1) is 0 Å². The maximum Gasteiger partial charge on any atom is 0.314 e. The van der Waals surface area contributed by atoms with Gasteiger partial charge in [0.2, 0.25) is 0 Å². The fourth-order valence-corrected chi connectivity index (χ4v) is 2.66. The van der Waals surface area contributed by atoms with Crippen LogP contribution in [0.4, 0.5) is 0 Å². The Hall–Kier alpha value is -2.94. The first-order valence-electron chi connectivity index (χ1n) is 7.91. The van der Waals surface area contributed by atoms with Crippen LogP contribution in [0.25, 0.3) is 5.57 Å². The highest BCUT2D eigenvalue weighted by Gasteiger charge is 2.13. The molecule has 0 radical (unpaired) electrons. The molecule has 0 atom stereocenters. The van der Waals surface area contributed by atoms with Crippen molar-refractivity contribution in [2.24, 2.45) is 0 Å². The van der Waals surface area contributed by atoms with Crippen LogP contribution >= 0.6 is 0 Å². The molecule has 120 valence electrons. The highest BCUT2D eigenvalue weighted by molar-refractivity contribution is 6.07. The lowest BCUT2D eigenvalue weighted by molar-refractivity contribution is -0.146. The third kappa shape index (κ3) is 4.07. The van der Waals surface area contributed by atoms with E-state index >= 15 is 0 Å². The summed E-state index contributed by atoms with van der Waals surface area (Å²) in [6.45, 7) is 0.187. The Morgan fingerprint density at radius 2 is 1.75 bits per heavy atom. The molecule has 0 amide bonds. The summed E-state index contributed by atoms with van der Waals surface area (Å²) in [5, 5.41) is 0. The van der Waals surface area contributed by atoms with Crippen LogP contribution in [0.5, 0.6) is 0 Å². The second kappa shape index (κ2) is 7.55. The maximum absolute atomic E-state index is 12.1. The first kappa shape index (κ1) is 15.9. The number of hydrogen-bond acceptors (Lipinski definition) is 3. The molecule has 3 nitrogen and oxygen atoms in total. The van der Waals surface area contributed by atoms with Crippen molar-refractivity contribution in [2.75, 3.05) is 0 Å². The first-order chi connectivity index (χ1) is 11.7. The van der Waals surface area contributed by atoms with Gasteiger partial charge in [0.05, 0.1) is 0 Å². The zero-order valence-electron chi connectivity index (χ0n) is 13.3. The Balaban J connectivity index is 1.60. The van der Waals surface area contributed by atoms with E-state index in [0.717, 1.165) is 23.1 Å². The molecular formula is C21H18O3. The monoisotopic (exact) mass is 318 g/mol. The molecule has 0 aliphatic heterocycles. The molecule has 1 aliphatic rings. The number of allylic oxidation sites excluding steroid dienone is 4. The van der Waals surface area contributed by atoms with Gasteiger partial charge in [-0.15, -0.1) is 0 Å². The normalized spacial score (nSPS) is 14.2. The largest absolute Gasteiger partial charge is 0.460 e. The quantitative estimate of drug-likeness (QED) is 0.477. The lowest BCUT2D eigenvalue weighted by Crippen LogP contribution is -2.10. The number of ether oxygens (including phenoxy) is 1. The van der Waals surface area contributed by atoms with E-state index in [0.29, 0.717) is 0 Å². The van der Waals surface area contributed by atoms with Crippen LogP contribution in [0.2, 0.25) is 0 Å². The minimum atomic E-state index is -0.506. The molecule has 0 unspecified atom stereocenters. The van der Waals surface area contributed by atoms with Crippen LogP contribution in [0.1, 0.15) is 23.1 Å². The van der Waals surface area contributed by atoms with Gasteiger partial charge in [0, 0.05) is 0 Å². The number of hydrogen-bond donors (Lipinski definition) is 0. The van der Waals surface area contributed by atoms with Crippen LogP contribution in [-0.4, -0.2) is 11.8 Å². The third-order valence-corrected chi connectivity index (χ3v) is 3.84. The minimum Gasteiger partial charge on any atom is -0.460 e. The lowest BCUT2D eigenvalue weighted by Gasteiger charge is -2.13. The molecule has 0 heterocycles. The predicted molar refractivity (Wildman–Crippen MR) is 93.1 cm³/mol. The number of carbonyl (C=O) groups is 2. The first-order valence-corrected chi connectivity index (χ1v) is 7.91. The molecule has 3 heteroatoms. The van der Waals surface area contributed by atoms with Gasteiger partial charge in [0.25, 0.3) is 0 Å². The predicted octanol–water partition coefficient (Wildman–Crippen LogP) is 3.88. The number of fused-ring (bicyclic) bond motifs is 1. The topological polar surface area (TPSA) is 43.4 Å². The number of benzene rings is 2. The zero-order valence-corrected chi connectivity index (χ0v) is 13.3. The van der Waals surface area contributed by atoms with Gasteiger partial charge in [-0.05, 0) is 34.8 Å². The van der Waals surface area contributed by atoms with E-state index in [-0.39, 0.29) is 18.8 Å². The van der Waals surface area contributed by atoms with Crippen molar-refractivity contribution in [2.45, 2.75) is 19.4 Å². The second-order valence-corrected chi connectivity index (χ2v) is 5.65. The van der Waals surface area contributed by atoms with Crippen LogP contribution in [0.3, 0.4) is 0 Å². The van der Waals surface area contributed by atoms with Gasteiger partial charge in [-0.2, -0.15) is 0 Å². The summed E-state index contributed by atoms with van der Waals surface area (Å²) < 4.78 is 5.15. The molecule has 0 aromatic heterocycles. The van der Waals surface area contributed by atoms with E-state index in [2.05, 4.69) is 0 Å². The smallest absolute Gasteiger partial charge is 0.314 e. The van der Waals surface area contributed by atoms with E-state index in [1.54, 1.807) is 0 Å². The molecule has 2 aromatic carbocycles. The van der Waals surface area contributed by atoms with E-state index in [4.69, 9.17) is 4.74 Å². The summed E-state index contributed by atoms with van der Waals surface area (Å²) in [5.41, 5.74) is 3.98. The van der Waals surface area contributed by atoms with Crippen molar-refractivity contribution in [1.29, 1.82) is 0 Å². The average Bonchev–Trinajstić information content (AvgIpc) is 2.61. The fourth-order valence-electron chi connectivity index (χ4n) is 2.66. The van der Waals surface area contributed by atoms with E-state index in [1.807, 2.05) is 66.7 Å². The Morgan fingerprint density at radius 1 is 1.00 bits per heavy atom. The van der Waals surface area contributed by atoms with Gasteiger partial charge in [-0.25, -0.2) is 0 Å². The maximum atomic E-state index is 12.1. The van der Waals surface area contributed by atoms with E-state index in [9.17, 15) is 9.59 Å². The molecule has 0 saturated heterocycles. The van der Waals surface area contributed by atoms with Crippen molar-refractivity contribution in [3.63, 3.8) is 0 Å². The van der Waals surface area contributed by atoms with Crippen LogP contribution in [-0.2, 0) is 27.4 Å². The highest BCUT2D eigenvalue weighted by atomic mass is 16.5. The van der Waals surface area contributed by atoms with Crippen molar-refractivity contribution in [3.8, 4) is 0 Å². The lowest BCUT2D eigenvalue weighted by atomic mass is 9.92. The summed E-state index contributed by atoms with van der Waals surface area (Å²) in [7, 11) is 0. The van der Waals surface area contributed by atoms with Gasteiger partial charge in [-0.1, -0.05) is 66.7 Å². The van der Waals surface area contributed by atoms with Crippen molar-refractivity contribution in [3.05, 3.63) is 89.5 Å². The molecular weight excluding hydrogens is 300 g/mol. The zero-order chi connectivity index (χ0) is 16.8. The van der Waals surface area contributed by atoms with E-state index < -0.39 is 5.97 Å². The molecule has 0 saturated carbocycles. The fraction of sp³-hybridized carbons (Fsp3) is 0.143. The van der Waals surface area contributed by atoms with Gasteiger partial charge >= 0.3 is 5.97 Å². The minimum absolute atomic E-state index is 0.187. The van der Waals surface area contributed by atoms with Crippen molar-refractivity contribution < 1.29 is 14.3 Å². The van der Waals surface area contributed by atoms with Gasteiger partial charge < -0.3 is 4.74 Å². The molecule has 0 N–H and O–H groups in total. The van der Waals surface area contributed by atoms with Crippen LogP contribution in [0.15, 0.2) is 72.8 Å². The molecule has 0 spiro atoms. The Kier molecular flexibility index (Phi) is 5.02. The summed E-state index contributed by atoms with van der Waals surface area (Å²) in [6, 6.07) is 17.4. The molecule has 0 bridgehead atoms. The summed E-state index contributed by atoms with van der Waals surface area (Å²) in [4.78, 5) is 24.0. The van der Waals surface area contributed by atoms with Crippen molar-refractivity contribution in [1.82, 2.24) is 0 Å². The second-order valence-electron chi connectivity index (χ2n) is 5.65. The third-order valence-electron chi connectivity index (χ3n) is 3.84. The molecule has 2 aromatic rings. The van der Waals surface area contributed by atoms with Crippen LogP contribution < -0.4 is 0 Å². The van der Waals surface area contributed by atoms with Crippen molar-refractivity contribution >= 4 is 17.3 Å². The molecule has 3 rings (SSSR count). The number of ketones is 1. The Morgan fingerprint density at radius 3 is 2.58 bits per heavy atom. The Bertz CT molecular complexity index is 801. The van der Waals surface area contributed by atoms with Gasteiger partial charge in [0.1, 0.15) is 13.0 Å². The molecule has 0 fully saturated rings. The number of rotatable bonds is 5. The summed E-state index contributed by atoms with van der Waals surface area (Å²) in [6.07, 6.45) is 6.09. The summed E-state index contributed by atoms with van der Waals surface area (Å²) in [5.74, 6) is -0.752. The SMILES string of the molecule is O=C(C=C1C=CCc2ccccc21)CC(=O)OCc1ccccc1. The van der Waals surface area contributed by atoms with E-state index in [1.165, 1.54) is 11.6 Å². The standard InChI is InChI=1S/C21H18O3/c22-19(14-21(23)24-15-16-7-2-1-3-8-16)13-18-11-6-10-17-9-4-5-12-20(17)18/h1-9,11-13H,10,14-15H2. The van der Waals surface area contributed by atoms with Gasteiger partial charge in [-0.3, -0.25) is 9.59 Å². The summed E-state index contributed by atoms with van der Waals surface area (Å²) >= 11 is 0. The highest BCUT2D eigenvalue weighted by Crippen LogP contribution is 2.25. The number of carbonyl (C=O) groups excluding carboxylic acids is 2.